The zero-order chi connectivity index (χ0) is 7.82. The molecule has 0 saturated heterocycles. The second-order valence-electron chi connectivity index (χ2n) is 1.38. The molecule has 0 amide bonds. The first-order valence-corrected chi connectivity index (χ1v) is 4.88. The molecule has 0 fully saturated rings. The van der Waals surface area contributed by atoms with E-state index in [-0.39, 0.29) is 5.75 Å². The summed E-state index contributed by atoms with van der Waals surface area (Å²) in [5.41, 5.74) is 0. The molecule has 0 aromatic carbocycles. The smallest absolute Gasteiger partial charge is 0.313 e. The van der Waals surface area contributed by atoms with Crippen molar-refractivity contribution in [2.75, 3.05) is 17.4 Å². The van der Waals surface area contributed by atoms with Gasteiger partial charge in [-0.05, 0) is 6.92 Å². The average Bonchev–Trinajstić information content (AvgIpc) is 1.87. The zero-order valence-electron chi connectivity index (χ0n) is 5.70. The fourth-order valence-electron chi connectivity index (χ4n) is 0.280. The van der Waals surface area contributed by atoms with E-state index in [0.717, 1.165) is 0 Å². The lowest BCUT2D eigenvalue weighted by atomic mass is 10.8. The number of hydrogen-bond acceptors (Lipinski definition) is 4. The maximum Gasteiger partial charge on any atom is 0.313 e. The zero-order valence-corrected chi connectivity index (χ0v) is 7.33. The number of aliphatic carboxylic acids is 1. The number of thioether (sulfide) groups is 1. The predicted octanol–water partition coefficient (Wildman–Crippen LogP) is 1.45. The van der Waals surface area contributed by atoms with E-state index in [9.17, 15) is 4.79 Å². The molecular formula is C5H10O3S2. The molecule has 0 heterocycles. The molecule has 0 aliphatic heterocycles. The minimum absolute atomic E-state index is 0.153. The summed E-state index contributed by atoms with van der Waals surface area (Å²) in [6, 6.07) is 0. The van der Waals surface area contributed by atoms with E-state index in [0.29, 0.717) is 11.7 Å². The van der Waals surface area contributed by atoms with Gasteiger partial charge in [-0.3, -0.25) is 4.79 Å². The van der Waals surface area contributed by atoms with Gasteiger partial charge in [0.2, 0.25) is 0 Å². The SMILES string of the molecule is CCOSCSCC(=O)O. The van der Waals surface area contributed by atoms with Gasteiger partial charge in [0.15, 0.2) is 0 Å². The van der Waals surface area contributed by atoms with Crippen LogP contribution < -0.4 is 0 Å². The largest absolute Gasteiger partial charge is 0.481 e. The Kier molecular flexibility index (Phi) is 7.33. The molecule has 0 radical (unpaired) electrons. The number of carboxylic acids is 1. The number of carbonyl (C=O) groups is 1. The summed E-state index contributed by atoms with van der Waals surface area (Å²) in [7, 11) is 0. The van der Waals surface area contributed by atoms with Crippen LogP contribution in [-0.4, -0.2) is 28.5 Å². The van der Waals surface area contributed by atoms with Crippen molar-refractivity contribution in [2.45, 2.75) is 6.92 Å². The fourth-order valence-corrected chi connectivity index (χ4v) is 1.50. The minimum Gasteiger partial charge on any atom is -0.481 e. The lowest BCUT2D eigenvalue weighted by Crippen LogP contribution is -1.97. The van der Waals surface area contributed by atoms with E-state index in [1.54, 1.807) is 0 Å². The van der Waals surface area contributed by atoms with Crippen LogP contribution in [0.4, 0.5) is 0 Å². The van der Waals surface area contributed by atoms with Crippen molar-refractivity contribution < 1.29 is 14.1 Å². The van der Waals surface area contributed by atoms with Gasteiger partial charge < -0.3 is 9.29 Å². The monoisotopic (exact) mass is 182 g/mol. The summed E-state index contributed by atoms with van der Waals surface area (Å²) in [5.74, 6) is -0.623. The van der Waals surface area contributed by atoms with Crippen molar-refractivity contribution >= 4 is 29.8 Å². The molecule has 0 unspecified atom stereocenters. The Labute approximate surface area is 68.7 Å². The Balaban J connectivity index is 2.84. The Bertz CT molecular complexity index is 96.9. The Morgan fingerprint density at radius 3 is 2.90 bits per heavy atom. The summed E-state index contributed by atoms with van der Waals surface area (Å²) < 4.78 is 4.92. The average molecular weight is 182 g/mol. The van der Waals surface area contributed by atoms with Crippen molar-refractivity contribution in [3.05, 3.63) is 0 Å². The second kappa shape index (κ2) is 7.24. The van der Waals surface area contributed by atoms with Gasteiger partial charge in [-0.15, -0.1) is 11.8 Å². The van der Waals surface area contributed by atoms with Crippen molar-refractivity contribution in [3.63, 3.8) is 0 Å². The van der Waals surface area contributed by atoms with Gasteiger partial charge in [0, 0.05) is 12.0 Å². The van der Waals surface area contributed by atoms with Crippen molar-refractivity contribution in [2.24, 2.45) is 0 Å². The van der Waals surface area contributed by atoms with Gasteiger partial charge in [0.1, 0.15) is 0 Å². The highest BCUT2D eigenvalue weighted by molar-refractivity contribution is 8.14. The first-order chi connectivity index (χ1) is 4.77. The topological polar surface area (TPSA) is 46.5 Å². The molecule has 1 N–H and O–H groups in total. The quantitative estimate of drug-likeness (QED) is 0.382. The molecule has 0 aromatic rings. The van der Waals surface area contributed by atoms with E-state index in [4.69, 9.17) is 9.29 Å². The highest BCUT2D eigenvalue weighted by atomic mass is 32.2. The van der Waals surface area contributed by atoms with Crippen LogP contribution in [0.25, 0.3) is 0 Å². The van der Waals surface area contributed by atoms with E-state index in [1.807, 2.05) is 6.92 Å². The van der Waals surface area contributed by atoms with E-state index in [1.165, 1.54) is 23.8 Å². The molecule has 0 rings (SSSR count). The third kappa shape index (κ3) is 8.13. The van der Waals surface area contributed by atoms with Crippen LogP contribution in [-0.2, 0) is 8.98 Å². The van der Waals surface area contributed by atoms with Gasteiger partial charge in [-0.2, -0.15) is 0 Å². The molecule has 0 atom stereocenters. The molecular weight excluding hydrogens is 172 g/mol. The predicted molar refractivity (Wildman–Crippen MR) is 44.2 cm³/mol. The van der Waals surface area contributed by atoms with Crippen LogP contribution in [0.2, 0.25) is 0 Å². The molecule has 5 heteroatoms. The molecule has 0 aromatic heterocycles. The highest BCUT2D eigenvalue weighted by Crippen LogP contribution is 2.11. The lowest BCUT2D eigenvalue weighted by Gasteiger charge is -1.96. The summed E-state index contributed by atoms with van der Waals surface area (Å²) in [6.07, 6.45) is 0. The molecule has 0 saturated carbocycles. The van der Waals surface area contributed by atoms with Crippen LogP contribution >= 0.6 is 23.8 Å². The van der Waals surface area contributed by atoms with Crippen molar-refractivity contribution in [1.29, 1.82) is 0 Å². The normalized spacial score (nSPS) is 9.70. The van der Waals surface area contributed by atoms with Gasteiger partial charge in [0.25, 0.3) is 0 Å². The van der Waals surface area contributed by atoms with Gasteiger partial charge in [-0.25, -0.2) is 0 Å². The second-order valence-corrected chi connectivity index (χ2v) is 3.50. The maximum absolute atomic E-state index is 9.96. The standard InChI is InChI=1S/C5H10O3S2/c1-2-8-10-4-9-3-5(6)7/h2-4H2,1H3,(H,6,7). The number of rotatable bonds is 6. The maximum atomic E-state index is 9.96. The molecule has 60 valence electrons. The molecule has 3 nitrogen and oxygen atoms in total. The lowest BCUT2D eigenvalue weighted by molar-refractivity contribution is -0.133. The summed E-state index contributed by atoms with van der Waals surface area (Å²) in [4.78, 5) is 9.96. The Morgan fingerprint density at radius 2 is 2.40 bits per heavy atom. The van der Waals surface area contributed by atoms with Gasteiger partial charge >= 0.3 is 5.97 Å². The van der Waals surface area contributed by atoms with Crippen LogP contribution in [0.1, 0.15) is 6.92 Å². The van der Waals surface area contributed by atoms with Crippen LogP contribution in [0.15, 0.2) is 0 Å². The van der Waals surface area contributed by atoms with E-state index in [2.05, 4.69) is 0 Å². The van der Waals surface area contributed by atoms with E-state index >= 15 is 0 Å². The first kappa shape index (κ1) is 10.1. The van der Waals surface area contributed by atoms with Crippen molar-refractivity contribution in [1.82, 2.24) is 0 Å². The van der Waals surface area contributed by atoms with E-state index < -0.39 is 5.97 Å². The van der Waals surface area contributed by atoms with Crippen LogP contribution in [0, 0.1) is 0 Å². The molecule has 0 aliphatic carbocycles. The number of carboxylic acid groups (broad SMARTS) is 1. The third-order valence-electron chi connectivity index (χ3n) is 0.558. The fraction of sp³-hybridized carbons (Fsp3) is 0.800. The van der Waals surface area contributed by atoms with Crippen LogP contribution in [0.5, 0.6) is 0 Å². The summed E-state index contributed by atoms with van der Waals surface area (Å²) in [6.45, 7) is 2.56. The van der Waals surface area contributed by atoms with Crippen molar-refractivity contribution in [3.8, 4) is 0 Å². The minimum atomic E-state index is -0.776. The summed E-state index contributed by atoms with van der Waals surface area (Å²) in [5, 5.41) is 8.88. The van der Waals surface area contributed by atoms with Crippen LogP contribution in [0.3, 0.4) is 0 Å². The highest BCUT2D eigenvalue weighted by Gasteiger charge is 1.95. The Morgan fingerprint density at radius 1 is 1.70 bits per heavy atom. The summed E-state index contributed by atoms with van der Waals surface area (Å²) >= 11 is 2.63. The van der Waals surface area contributed by atoms with Gasteiger partial charge in [-0.1, -0.05) is 0 Å². The molecule has 0 aliphatic rings. The third-order valence-corrected chi connectivity index (χ3v) is 2.46. The Hall–Kier alpha value is 0.130. The molecule has 0 spiro atoms. The first-order valence-electron chi connectivity index (χ1n) is 2.81. The van der Waals surface area contributed by atoms with Gasteiger partial charge in [0.05, 0.1) is 17.4 Å². The molecule has 10 heavy (non-hydrogen) atoms. The number of hydrogen-bond donors (Lipinski definition) is 1. The molecule has 0 bridgehead atoms.